The molecule has 25 heavy (non-hydrogen) atoms. The molecule has 8 heteroatoms. The summed E-state index contributed by atoms with van der Waals surface area (Å²) in [5, 5.41) is 23.8. The summed E-state index contributed by atoms with van der Waals surface area (Å²) in [4.78, 5) is 26.9. The topological polar surface area (TPSA) is 99.0 Å². The predicted octanol–water partition coefficient (Wildman–Crippen LogP) is 1.97. The van der Waals surface area contributed by atoms with Gasteiger partial charge in [0.25, 0.3) is 5.69 Å². The minimum absolute atomic E-state index is 0.00200. The Bertz CT molecular complexity index is 658. The summed E-state index contributed by atoms with van der Waals surface area (Å²) in [5.41, 5.74) is 0.987. The highest BCUT2D eigenvalue weighted by Gasteiger charge is 2.33. The summed E-state index contributed by atoms with van der Waals surface area (Å²) in [6, 6.07) is 4.66. The fourth-order valence-corrected chi connectivity index (χ4v) is 3.69. The molecule has 136 valence electrons. The van der Waals surface area contributed by atoms with Gasteiger partial charge >= 0.3 is 6.03 Å². The second kappa shape index (κ2) is 7.37. The number of carbonyl (C=O) groups is 1. The minimum atomic E-state index is -0.448. The molecule has 0 bridgehead atoms. The van der Waals surface area contributed by atoms with Crippen molar-refractivity contribution in [3.63, 3.8) is 0 Å². The van der Waals surface area contributed by atoms with Crippen LogP contribution in [0.15, 0.2) is 18.2 Å². The fraction of sp³-hybridized carbons (Fsp3) is 0.588. The number of carbonyl (C=O) groups excluding carboxylic acids is 1. The number of aryl methyl sites for hydroxylation is 1. The number of nitrogens with zero attached hydrogens (tertiary/aromatic N) is 3. The van der Waals surface area contributed by atoms with Crippen molar-refractivity contribution in [2.75, 3.05) is 31.5 Å². The molecule has 1 aromatic carbocycles. The van der Waals surface area contributed by atoms with E-state index in [9.17, 15) is 20.0 Å². The zero-order valence-corrected chi connectivity index (χ0v) is 14.4. The number of hydrogen-bond acceptors (Lipinski definition) is 5. The highest BCUT2D eigenvalue weighted by Crippen LogP contribution is 2.26. The van der Waals surface area contributed by atoms with Crippen LogP contribution >= 0.6 is 0 Å². The van der Waals surface area contributed by atoms with E-state index in [1.54, 1.807) is 24.0 Å². The summed E-state index contributed by atoms with van der Waals surface area (Å²) >= 11 is 0. The summed E-state index contributed by atoms with van der Waals surface area (Å²) in [5.74, 6) is 0. The molecule has 1 aliphatic heterocycles. The first-order chi connectivity index (χ1) is 12.0. The van der Waals surface area contributed by atoms with E-state index in [4.69, 9.17) is 0 Å². The van der Waals surface area contributed by atoms with Gasteiger partial charge in [0.1, 0.15) is 0 Å². The first-order valence-corrected chi connectivity index (χ1v) is 8.69. The Morgan fingerprint density at radius 2 is 2.00 bits per heavy atom. The van der Waals surface area contributed by atoms with E-state index in [2.05, 4.69) is 10.2 Å². The van der Waals surface area contributed by atoms with Crippen LogP contribution in [0.2, 0.25) is 0 Å². The van der Waals surface area contributed by atoms with Crippen LogP contribution in [0.5, 0.6) is 0 Å². The van der Waals surface area contributed by atoms with E-state index in [0.29, 0.717) is 24.3 Å². The number of nitro groups is 1. The Kier molecular flexibility index (Phi) is 5.19. The van der Waals surface area contributed by atoms with Gasteiger partial charge in [0.2, 0.25) is 0 Å². The van der Waals surface area contributed by atoms with Crippen molar-refractivity contribution in [2.45, 2.75) is 38.3 Å². The highest BCUT2D eigenvalue weighted by atomic mass is 16.6. The predicted molar refractivity (Wildman–Crippen MR) is 93.6 cm³/mol. The van der Waals surface area contributed by atoms with Gasteiger partial charge in [0.15, 0.2) is 0 Å². The lowest BCUT2D eigenvalue weighted by Crippen LogP contribution is -2.54. The lowest BCUT2D eigenvalue weighted by atomic mass is 10.1. The first-order valence-electron chi connectivity index (χ1n) is 8.69. The van der Waals surface area contributed by atoms with Crippen LogP contribution in [-0.4, -0.2) is 64.2 Å². The maximum atomic E-state index is 12.4. The molecule has 3 rings (SSSR count). The van der Waals surface area contributed by atoms with E-state index in [1.807, 2.05) is 0 Å². The molecule has 0 aromatic heterocycles. The number of piperazine rings is 1. The van der Waals surface area contributed by atoms with Gasteiger partial charge in [-0.1, -0.05) is 6.07 Å². The van der Waals surface area contributed by atoms with Crippen LogP contribution in [0, 0.1) is 17.0 Å². The number of hydrogen-bond donors (Lipinski definition) is 2. The summed E-state index contributed by atoms with van der Waals surface area (Å²) in [6.45, 7) is 4.32. The Labute approximate surface area is 146 Å². The Hall–Kier alpha value is -2.19. The van der Waals surface area contributed by atoms with Gasteiger partial charge < -0.3 is 15.3 Å². The third-order valence-corrected chi connectivity index (χ3v) is 5.17. The molecule has 1 aliphatic carbocycles. The number of urea groups is 1. The lowest BCUT2D eigenvalue weighted by Gasteiger charge is -2.39. The quantitative estimate of drug-likeness (QED) is 0.643. The molecule has 2 aliphatic rings. The number of benzene rings is 1. The van der Waals surface area contributed by atoms with Crippen molar-refractivity contribution in [2.24, 2.45) is 0 Å². The van der Waals surface area contributed by atoms with Crippen LogP contribution in [0.1, 0.15) is 24.8 Å². The monoisotopic (exact) mass is 348 g/mol. The van der Waals surface area contributed by atoms with Gasteiger partial charge in [-0.2, -0.15) is 0 Å². The molecule has 8 nitrogen and oxygen atoms in total. The third kappa shape index (κ3) is 3.91. The molecule has 2 N–H and O–H groups in total. The molecule has 2 fully saturated rings. The maximum Gasteiger partial charge on any atom is 0.321 e. The second-order valence-corrected chi connectivity index (χ2v) is 6.78. The molecule has 0 spiro atoms. The van der Waals surface area contributed by atoms with Crippen LogP contribution in [-0.2, 0) is 0 Å². The van der Waals surface area contributed by atoms with Crippen molar-refractivity contribution in [3.8, 4) is 0 Å². The van der Waals surface area contributed by atoms with Gasteiger partial charge in [-0.15, -0.1) is 0 Å². The molecule has 1 heterocycles. The zero-order chi connectivity index (χ0) is 18.0. The number of nitrogens with one attached hydrogen (secondary N) is 1. The van der Waals surface area contributed by atoms with Crippen molar-refractivity contribution < 1.29 is 14.8 Å². The number of aliphatic hydroxyl groups excluding tert-OH is 1. The van der Waals surface area contributed by atoms with E-state index in [0.717, 1.165) is 32.4 Å². The standard InChI is InChI=1S/C17H24N4O4/c1-12-5-6-13(11-15(12)21(24)25)18-17(23)20-9-7-19(8-10-20)14-3-2-4-16(14)22/h5-6,11,14,16,22H,2-4,7-10H2,1H3,(H,18,23)/t14-,16+/m0/s1. The van der Waals surface area contributed by atoms with Gasteiger partial charge in [-0.05, 0) is 32.3 Å². The molecular formula is C17H24N4O4. The van der Waals surface area contributed by atoms with Gasteiger partial charge in [-0.3, -0.25) is 15.0 Å². The molecule has 1 saturated carbocycles. The average molecular weight is 348 g/mol. The van der Waals surface area contributed by atoms with Crippen LogP contribution in [0.3, 0.4) is 0 Å². The van der Waals surface area contributed by atoms with Crippen LogP contribution in [0.25, 0.3) is 0 Å². The average Bonchev–Trinajstić information content (AvgIpc) is 3.02. The van der Waals surface area contributed by atoms with Crippen molar-refractivity contribution in [1.29, 1.82) is 0 Å². The van der Waals surface area contributed by atoms with E-state index >= 15 is 0 Å². The van der Waals surface area contributed by atoms with Gasteiger partial charge in [-0.25, -0.2) is 4.79 Å². The number of amides is 2. The fourth-order valence-electron chi connectivity index (χ4n) is 3.69. The first kappa shape index (κ1) is 17.6. The smallest absolute Gasteiger partial charge is 0.321 e. The Morgan fingerprint density at radius 3 is 2.60 bits per heavy atom. The molecular weight excluding hydrogens is 324 g/mol. The third-order valence-electron chi connectivity index (χ3n) is 5.17. The second-order valence-electron chi connectivity index (χ2n) is 6.78. The van der Waals surface area contributed by atoms with Gasteiger partial charge in [0, 0.05) is 49.5 Å². The summed E-state index contributed by atoms with van der Waals surface area (Å²) < 4.78 is 0. The van der Waals surface area contributed by atoms with E-state index in [1.165, 1.54) is 6.07 Å². The van der Waals surface area contributed by atoms with Crippen LogP contribution < -0.4 is 5.32 Å². The van der Waals surface area contributed by atoms with Crippen molar-refractivity contribution in [1.82, 2.24) is 9.80 Å². The van der Waals surface area contributed by atoms with Crippen molar-refractivity contribution >= 4 is 17.4 Å². The number of nitro benzene ring substituents is 1. The number of anilines is 1. The van der Waals surface area contributed by atoms with Crippen molar-refractivity contribution in [3.05, 3.63) is 33.9 Å². The molecule has 0 unspecified atom stereocenters. The largest absolute Gasteiger partial charge is 0.391 e. The number of rotatable bonds is 3. The van der Waals surface area contributed by atoms with E-state index in [-0.39, 0.29) is 23.9 Å². The lowest BCUT2D eigenvalue weighted by molar-refractivity contribution is -0.385. The van der Waals surface area contributed by atoms with Gasteiger partial charge in [0.05, 0.1) is 11.0 Å². The Morgan fingerprint density at radius 1 is 1.28 bits per heavy atom. The maximum absolute atomic E-state index is 12.4. The Balaban J connectivity index is 1.56. The molecule has 2 atom stereocenters. The molecule has 1 aromatic rings. The SMILES string of the molecule is Cc1ccc(NC(=O)N2CCN([C@H]3CCC[C@H]3O)CC2)cc1[N+](=O)[O-]. The highest BCUT2D eigenvalue weighted by molar-refractivity contribution is 5.89. The number of aliphatic hydroxyl groups is 1. The normalized spacial score (nSPS) is 24.3. The molecule has 2 amide bonds. The summed E-state index contributed by atoms with van der Waals surface area (Å²) in [6.07, 6.45) is 2.67. The summed E-state index contributed by atoms with van der Waals surface area (Å²) in [7, 11) is 0. The molecule has 0 radical (unpaired) electrons. The minimum Gasteiger partial charge on any atom is -0.391 e. The zero-order valence-electron chi connectivity index (χ0n) is 14.4. The van der Waals surface area contributed by atoms with Crippen LogP contribution in [0.4, 0.5) is 16.2 Å². The molecule has 1 saturated heterocycles. The van der Waals surface area contributed by atoms with E-state index < -0.39 is 4.92 Å².